The second-order valence-corrected chi connectivity index (χ2v) is 19.6. The Morgan fingerprint density at radius 2 is 1.30 bits per heavy atom. The molecule has 0 aliphatic carbocycles. The van der Waals surface area contributed by atoms with Crippen LogP contribution in [0.15, 0.2) is 85.1 Å². The Balaban J connectivity index is 1.93. The topological polar surface area (TPSA) is 376 Å². The van der Waals surface area contributed by atoms with Gasteiger partial charge in [-0.25, -0.2) is 4.79 Å². The van der Waals surface area contributed by atoms with Crippen LogP contribution >= 0.6 is 0 Å². The molecule has 0 unspecified atom stereocenters. The predicted molar refractivity (Wildman–Crippen MR) is 272 cm³/mol. The van der Waals surface area contributed by atoms with Crippen molar-refractivity contribution in [1.82, 2.24) is 16.0 Å². The number of hydrogen-bond donors (Lipinski definition) is 16. The van der Waals surface area contributed by atoms with Crippen LogP contribution in [0.1, 0.15) is 79.1 Å². The standard InChI is InChI=1S/C52H86N4O18/c1-31-17-15-13-11-9-7-5-6-8-10-12-14-16-18-39(73-50-49(68)45(53)48(67)34(4)72-50)26-43-46(56-51(69)55-22-21-54-35(29-57)30-58)42(64)28-52(70,74-43)27-38(61)24-41(63)40(62)20-19-36(59)23-37(60)25-44(65)71-33(3)32(2)47(31)66/h5-18,31-43,45-50,54,57-64,66-68,70H,19-30,53H2,1-4H3,(H2,55,56,69)/b6-5+,9-7+,10-8+,13-11+,14-12+,17-15+,18-16+/t31-,32-,33-,34+,36+,37+,38-,39-,40+,41+,42-,43-,45-,46+,47+,48+,49-,50-,52+/m0/s1. The van der Waals surface area contributed by atoms with Crippen LogP contribution in [-0.2, 0) is 23.7 Å². The van der Waals surface area contributed by atoms with Crippen molar-refractivity contribution in [2.75, 3.05) is 26.3 Å². The van der Waals surface area contributed by atoms with E-state index in [0.717, 1.165) is 0 Å². The zero-order valence-corrected chi connectivity index (χ0v) is 42.9. The highest BCUT2D eigenvalue weighted by Gasteiger charge is 2.49. The Bertz CT molecular complexity index is 1850. The molecule has 3 aliphatic rings. The molecule has 2 amide bonds. The molecule has 0 aromatic heterocycles. The van der Waals surface area contributed by atoms with Gasteiger partial charge in [0.25, 0.3) is 0 Å². The van der Waals surface area contributed by atoms with Crippen molar-refractivity contribution < 1.29 is 89.8 Å². The summed E-state index contributed by atoms with van der Waals surface area (Å²) in [6, 6.07) is -3.78. The van der Waals surface area contributed by atoms with Gasteiger partial charge in [0, 0.05) is 50.6 Å². The minimum atomic E-state index is -2.30. The zero-order valence-electron chi connectivity index (χ0n) is 42.9. The van der Waals surface area contributed by atoms with E-state index in [9.17, 15) is 70.9 Å². The van der Waals surface area contributed by atoms with E-state index in [2.05, 4.69) is 16.0 Å². The van der Waals surface area contributed by atoms with Gasteiger partial charge >= 0.3 is 12.0 Å². The van der Waals surface area contributed by atoms with Gasteiger partial charge in [0.05, 0.1) is 105 Å². The third-order valence-electron chi connectivity index (χ3n) is 13.3. The fraction of sp³-hybridized carbons (Fsp3) is 0.692. The summed E-state index contributed by atoms with van der Waals surface area (Å²) in [7, 11) is 0. The first-order valence-corrected chi connectivity index (χ1v) is 25.5. The van der Waals surface area contributed by atoms with E-state index >= 15 is 0 Å². The lowest BCUT2D eigenvalue weighted by atomic mass is 9.87. The lowest BCUT2D eigenvalue weighted by molar-refractivity contribution is -0.303. The molecule has 2 fully saturated rings. The molecular formula is C52H86N4O18. The number of aliphatic hydroxyl groups excluding tert-OH is 11. The van der Waals surface area contributed by atoms with E-state index in [4.69, 9.17) is 24.7 Å². The molecule has 0 aromatic rings. The number of amides is 2. The van der Waals surface area contributed by atoms with E-state index in [1.54, 1.807) is 81.5 Å². The summed E-state index contributed by atoms with van der Waals surface area (Å²) in [5.41, 5.74) is 6.11. The van der Waals surface area contributed by atoms with Gasteiger partial charge in [0.1, 0.15) is 12.2 Å². The number of rotatable bonds is 9. The van der Waals surface area contributed by atoms with Gasteiger partial charge in [-0.15, -0.1) is 0 Å². The monoisotopic (exact) mass is 1050 g/mol. The molecule has 0 aromatic carbocycles. The number of ether oxygens (including phenoxy) is 4. The smallest absolute Gasteiger partial charge is 0.315 e. The molecule has 22 nitrogen and oxygen atoms in total. The fourth-order valence-electron chi connectivity index (χ4n) is 8.68. The first-order valence-electron chi connectivity index (χ1n) is 25.5. The third kappa shape index (κ3) is 22.8. The summed E-state index contributed by atoms with van der Waals surface area (Å²) in [5, 5.41) is 137. The lowest BCUT2D eigenvalue weighted by Gasteiger charge is -2.46. The molecular weight excluding hydrogens is 969 g/mol. The number of fused-ring (bicyclic) bond motifs is 2. The average Bonchev–Trinajstić information content (AvgIpc) is 3.34. The van der Waals surface area contributed by atoms with E-state index < -0.39 is 153 Å². The molecule has 3 heterocycles. The van der Waals surface area contributed by atoms with Gasteiger partial charge in [-0.3, -0.25) is 4.79 Å². The lowest BCUT2D eigenvalue weighted by Crippen LogP contribution is -2.64. The van der Waals surface area contributed by atoms with Gasteiger partial charge < -0.3 is 102 Å². The van der Waals surface area contributed by atoms with Crippen molar-refractivity contribution in [3.8, 4) is 0 Å². The Morgan fingerprint density at radius 1 is 0.703 bits per heavy atom. The van der Waals surface area contributed by atoms with Crippen molar-refractivity contribution in [2.24, 2.45) is 17.6 Å². The number of hydrogen-bond acceptors (Lipinski definition) is 20. The van der Waals surface area contributed by atoms with Crippen LogP contribution in [0.5, 0.6) is 0 Å². The van der Waals surface area contributed by atoms with Crippen molar-refractivity contribution in [3.63, 3.8) is 0 Å². The molecule has 19 atom stereocenters. The molecule has 74 heavy (non-hydrogen) atoms. The molecule has 2 saturated heterocycles. The van der Waals surface area contributed by atoms with E-state index in [1.807, 2.05) is 31.2 Å². The summed E-state index contributed by atoms with van der Waals surface area (Å²) < 4.78 is 23.7. The number of carbonyl (C=O) groups is 2. The Morgan fingerprint density at radius 3 is 1.91 bits per heavy atom. The minimum absolute atomic E-state index is 0.0295. The summed E-state index contributed by atoms with van der Waals surface area (Å²) in [6.07, 6.45) is 4.10. The second-order valence-electron chi connectivity index (χ2n) is 19.6. The maximum absolute atomic E-state index is 13.2. The highest BCUT2D eigenvalue weighted by molar-refractivity contribution is 5.74. The number of esters is 1. The van der Waals surface area contributed by atoms with Crippen LogP contribution in [0.3, 0.4) is 0 Å². The highest BCUT2D eigenvalue weighted by Crippen LogP contribution is 2.35. The number of cyclic esters (lactones) is 1. The number of allylic oxidation sites excluding steroid dienone is 12. The maximum atomic E-state index is 13.2. The summed E-state index contributed by atoms with van der Waals surface area (Å²) in [5.74, 6) is -3.79. The van der Waals surface area contributed by atoms with Gasteiger partial charge in [0.15, 0.2) is 12.1 Å². The van der Waals surface area contributed by atoms with Crippen LogP contribution in [0, 0.1) is 11.8 Å². The Labute approximate surface area is 434 Å². The molecule has 3 aliphatic heterocycles. The minimum Gasteiger partial charge on any atom is -0.462 e. The fourth-order valence-corrected chi connectivity index (χ4v) is 8.68. The Hall–Kier alpha value is -3.76. The zero-order chi connectivity index (χ0) is 55.0. The van der Waals surface area contributed by atoms with Gasteiger partial charge in [-0.1, -0.05) is 98.9 Å². The second kappa shape index (κ2) is 33.4. The SMILES string of the molecule is C[C@@H]1[C@H](O)[C@@H](C)/C=C/C=C/C=C/C=C/C=C/C=C/C=C/[C@H](O[C@@H]2O[C@H](C)[C@@H](O)[C@H](N)[C@@H]2O)C[C@@H]2O[C@](O)(C[C@@H](O)C[C@@H](O)[C@H](O)CC[C@@H](O)C[C@@H](O)CC(=O)O[C@H]1C)C[C@H](O)[C@H]2NC(=O)NCCNC(CO)CO. The first-order chi connectivity index (χ1) is 35.1. The largest absolute Gasteiger partial charge is 0.462 e. The number of carbonyl (C=O) groups excluding carboxylic acids is 2. The molecule has 0 saturated carbocycles. The number of urea groups is 1. The predicted octanol–water partition coefficient (Wildman–Crippen LogP) is -1.38. The van der Waals surface area contributed by atoms with Crippen LogP contribution < -0.4 is 21.7 Å². The normalized spacial score (nSPS) is 41.4. The van der Waals surface area contributed by atoms with E-state index in [1.165, 1.54) is 0 Å². The number of nitrogens with one attached hydrogen (secondary N) is 3. The first kappa shape index (κ1) is 64.5. The Kier molecular flexibility index (Phi) is 29.1. The summed E-state index contributed by atoms with van der Waals surface area (Å²) >= 11 is 0. The highest BCUT2D eigenvalue weighted by atomic mass is 16.7. The van der Waals surface area contributed by atoms with Crippen molar-refractivity contribution in [3.05, 3.63) is 85.1 Å². The number of nitrogens with two attached hydrogens (primary N) is 1. The van der Waals surface area contributed by atoms with E-state index in [0.29, 0.717) is 0 Å². The van der Waals surface area contributed by atoms with Crippen molar-refractivity contribution in [1.29, 1.82) is 0 Å². The van der Waals surface area contributed by atoms with Gasteiger partial charge in [0.2, 0.25) is 0 Å². The molecule has 2 bridgehead atoms. The maximum Gasteiger partial charge on any atom is 0.315 e. The summed E-state index contributed by atoms with van der Waals surface area (Å²) in [6.45, 7) is 6.26. The molecule has 17 N–H and O–H groups in total. The van der Waals surface area contributed by atoms with Crippen molar-refractivity contribution >= 4 is 12.0 Å². The van der Waals surface area contributed by atoms with Crippen LogP contribution in [0.25, 0.3) is 0 Å². The van der Waals surface area contributed by atoms with E-state index in [-0.39, 0.29) is 57.9 Å². The molecule has 0 radical (unpaired) electrons. The van der Waals surface area contributed by atoms with Gasteiger partial charge in [-0.05, 0) is 33.1 Å². The number of aliphatic hydroxyl groups is 12. The van der Waals surface area contributed by atoms with Crippen LogP contribution in [0.4, 0.5) is 4.79 Å². The molecule has 22 heteroatoms. The molecule has 422 valence electrons. The van der Waals surface area contributed by atoms with Gasteiger partial charge in [-0.2, -0.15) is 0 Å². The van der Waals surface area contributed by atoms with Crippen molar-refractivity contribution in [2.45, 2.75) is 189 Å². The molecule has 3 rings (SSSR count). The van der Waals surface area contributed by atoms with Crippen LogP contribution in [-0.4, -0.2) is 209 Å². The third-order valence-corrected chi connectivity index (χ3v) is 13.3. The average molecular weight is 1060 g/mol. The summed E-state index contributed by atoms with van der Waals surface area (Å²) in [4.78, 5) is 25.9. The van der Waals surface area contributed by atoms with Crippen LogP contribution in [0.2, 0.25) is 0 Å². The molecule has 0 spiro atoms. The quantitative estimate of drug-likeness (QED) is 0.0935.